The normalized spacial score (nSPS) is 25.7. The van der Waals surface area contributed by atoms with Crippen LogP contribution in [0.15, 0.2) is 29.2 Å². The summed E-state index contributed by atoms with van der Waals surface area (Å²) in [5.41, 5.74) is 0.750. The Hall–Kier alpha value is -2.02. The summed E-state index contributed by atoms with van der Waals surface area (Å²) in [4.78, 5) is 39.1. The number of carbonyl (C=O) groups is 3. The maximum Gasteiger partial charge on any atom is 0.344 e. The highest BCUT2D eigenvalue weighted by atomic mass is 32.2. The fourth-order valence-electron chi connectivity index (χ4n) is 3.97. The SMILES string of the molecule is CC(OC(=O)C12CCC(=O)N1c1ccccc1S2)C(=O)NC1CCCC1. The minimum atomic E-state index is -1.08. The van der Waals surface area contributed by atoms with Crippen molar-refractivity contribution in [2.45, 2.75) is 67.4 Å². The van der Waals surface area contributed by atoms with Gasteiger partial charge >= 0.3 is 5.97 Å². The fraction of sp³-hybridized carbons (Fsp3) is 0.526. The highest BCUT2D eigenvalue weighted by molar-refractivity contribution is 8.02. The molecule has 0 aromatic heterocycles. The largest absolute Gasteiger partial charge is 0.450 e. The number of fused-ring (bicyclic) bond motifs is 3. The number of ether oxygens (including phenoxy) is 1. The average molecular weight is 374 g/mol. The molecule has 26 heavy (non-hydrogen) atoms. The molecule has 3 aliphatic rings. The molecule has 138 valence electrons. The molecule has 7 heteroatoms. The number of amides is 2. The molecule has 0 bridgehead atoms. The predicted octanol–water partition coefficient (Wildman–Crippen LogP) is 2.61. The third-order valence-corrected chi connectivity index (χ3v) is 6.80. The van der Waals surface area contributed by atoms with Crippen molar-refractivity contribution in [2.75, 3.05) is 4.90 Å². The van der Waals surface area contributed by atoms with Gasteiger partial charge in [0.15, 0.2) is 11.0 Å². The first-order valence-corrected chi connectivity index (χ1v) is 9.95. The molecule has 1 saturated heterocycles. The van der Waals surface area contributed by atoms with Crippen LogP contribution in [0.2, 0.25) is 0 Å². The zero-order chi connectivity index (χ0) is 18.3. The lowest BCUT2D eigenvalue weighted by atomic mass is 10.2. The Bertz CT molecular complexity index is 762. The molecule has 6 nitrogen and oxygen atoms in total. The summed E-state index contributed by atoms with van der Waals surface area (Å²) in [6.07, 6.45) is 4.01. The summed E-state index contributed by atoms with van der Waals surface area (Å²) >= 11 is 1.35. The van der Waals surface area contributed by atoms with E-state index >= 15 is 0 Å². The summed E-state index contributed by atoms with van der Waals surface area (Å²) in [7, 11) is 0. The van der Waals surface area contributed by atoms with Crippen LogP contribution in [-0.2, 0) is 19.1 Å². The highest BCUT2D eigenvalue weighted by Crippen LogP contribution is 2.56. The van der Waals surface area contributed by atoms with Crippen molar-refractivity contribution in [3.8, 4) is 0 Å². The van der Waals surface area contributed by atoms with Gasteiger partial charge in [0, 0.05) is 23.8 Å². The number of para-hydroxylation sites is 1. The number of carbonyl (C=O) groups excluding carboxylic acids is 3. The van der Waals surface area contributed by atoms with E-state index in [0.717, 1.165) is 36.3 Å². The topological polar surface area (TPSA) is 75.7 Å². The van der Waals surface area contributed by atoms with Crippen LogP contribution in [0.5, 0.6) is 0 Å². The molecule has 2 heterocycles. The van der Waals surface area contributed by atoms with Crippen molar-refractivity contribution in [1.29, 1.82) is 0 Å². The van der Waals surface area contributed by atoms with Crippen LogP contribution in [0, 0.1) is 0 Å². The molecule has 2 aliphatic heterocycles. The van der Waals surface area contributed by atoms with Crippen LogP contribution in [0.1, 0.15) is 45.4 Å². The Kier molecular flexibility index (Phi) is 4.42. The van der Waals surface area contributed by atoms with Crippen molar-refractivity contribution >= 4 is 35.2 Å². The highest BCUT2D eigenvalue weighted by Gasteiger charge is 2.58. The van der Waals surface area contributed by atoms with Crippen LogP contribution >= 0.6 is 11.8 Å². The van der Waals surface area contributed by atoms with Crippen LogP contribution in [0.4, 0.5) is 5.69 Å². The fourth-order valence-corrected chi connectivity index (χ4v) is 5.37. The average Bonchev–Trinajstić information content (AvgIpc) is 3.31. The number of rotatable bonds is 4. The van der Waals surface area contributed by atoms with E-state index in [2.05, 4.69) is 5.32 Å². The van der Waals surface area contributed by atoms with Crippen LogP contribution < -0.4 is 10.2 Å². The van der Waals surface area contributed by atoms with Gasteiger partial charge in [-0.25, -0.2) is 4.79 Å². The van der Waals surface area contributed by atoms with E-state index in [9.17, 15) is 14.4 Å². The van der Waals surface area contributed by atoms with Crippen LogP contribution in [0.25, 0.3) is 0 Å². The standard InChI is InChI=1S/C19H22N2O4S/c1-12(17(23)20-13-6-2-3-7-13)25-18(24)19-11-10-16(22)21(19)14-8-4-5-9-15(14)26-19/h4-5,8-9,12-13H,2-3,6-7,10-11H2,1H3,(H,20,23). The van der Waals surface area contributed by atoms with Gasteiger partial charge in [-0.05, 0) is 31.9 Å². The molecule has 1 saturated carbocycles. The number of benzene rings is 1. The Morgan fingerprint density at radius 2 is 2.04 bits per heavy atom. The molecular weight excluding hydrogens is 352 g/mol. The molecule has 0 spiro atoms. The second-order valence-corrected chi connectivity index (χ2v) is 8.44. The van der Waals surface area contributed by atoms with E-state index in [1.807, 2.05) is 24.3 Å². The Labute approximate surface area is 156 Å². The molecule has 1 N–H and O–H groups in total. The van der Waals surface area contributed by atoms with E-state index in [-0.39, 0.29) is 17.9 Å². The molecule has 1 aromatic carbocycles. The number of nitrogens with one attached hydrogen (secondary N) is 1. The molecule has 1 aliphatic carbocycles. The van der Waals surface area contributed by atoms with Gasteiger partial charge in [0.25, 0.3) is 5.91 Å². The van der Waals surface area contributed by atoms with Crippen molar-refractivity contribution in [2.24, 2.45) is 0 Å². The Balaban J connectivity index is 1.49. The van der Waals surface area contributed by atoms with Gasteiger partial charge in [0.05, 0.1) is 5.69 Å². The molecule has 0 radical (unpaired) electrons. The van der Waals surface area contributed by atoms with Crippen LogP contribution in [0.3, 0.4) is 0 Å². The number of hydrogen-bond acceptors (Lipinski definition) is 5. The maximum atomic E-state index is 13.0. The van der Waals surface area contributed by atoms with E-state index in [0.29, 0.717) is 12.8 Å². The summed E-state index contributed by atoms with van der Waals surface area (Å²) in [5.74, 6) is -0.862. The zero-order valence-corrected chi connectivity index (χ0v) is 15.5. The van der Waals surface area contributed by atoms with Gasteiger partial charge < -0.3 is 10.1 Å². The van der Waals surface area contributed by atoms with Gasteiger partial charge in [0.1, 0.15) is 0 Å². The van der Waals surface area contributed by atoms with Crippen molar-refractivity contribution in [3.05, 3.63) is 24.3 Å². The summed E-state index contributed by atoms with van der Waals surface area (Å²) in [6.45, 7) is 1.59. The van der Waals surface area contributed by atoms with Gasteiger partial charge in [-0.2, -0.15) is 0 Å². The number of esters is 1. The summed E-state index contributed by atoms with van der Waals surface area (Å²) < 4.78 is 5.52. The van der Waals surface area contributed by atoms with Crippen molar-refractivity contribution < 1.29 is 19.1 Å². The lowest BCUT2D eigenvalue weighted by Crippen LogP contribution is -2.50. The molecule has 2 atom stereocenters. The molecular formula is C19H22N2O4S. The summed E-state index contributed by atoms with van der Waals surface area (Å²) in [6, 6.07) is 7.66. The second kappa shape index (κ2) is 6.61. The molecule has 2 unspecified atom stereocenters. The Morgan fingerprint density at radius 3 is 2.81 bits per heavy atom. The minimum Gasteiger partial charge on any atom is -0.450 e. The van der Waals surface area contributed by atoms with E-state index in [1.54, 1.807) is 11.8 Å². The maximum absolute atomic E-state index is 13.0. The van der Waals surface area contributed by atoms with Gasteiger partial charge in [-0.15, -0.1) is 0 Å². The minimum absolute atomic E-state index is 0.0811. The number of anilines is 1. The second-order valence-electron chi connectivity index (χ2n) is 7.12. The summed E-state index contributed by atoms with van der Waals surface area (Å²) in [5, 5.41) is 2.95. The Morgan fingerprint density at radius 1 is 1.31 bits per heavy atom. The number of thioether (sulfide) groups is 1. The first kappa shape index (κ1) is 17.4. The molecule has 2 amide bonds. The zero-order valence-electron chi connectivity index (χ0n) is 14.7. The van der Waals surface area contributed by atoms with E-state index < -0.39 is 16.9 Å². The first-order valence-electron chi connectivity index (χ1n) is 9.14. The number of nitrogens with zero attached hydrogens (tertiary/aromatic N) is 1. The van der Waals surface area contributed by atoms with Crippen molar-refractivity contribution in [3.63, 3.8) is 0 Å². The molecule has 4 rings (SSSR count). The lowest BCUT2D eigenvalue weighted by Gasteiger charge is -2.30. The first-order chi connectivity index (χ1) is 12.5. The monoisotopic (exact) mass is 374 g/mol. The van der Waals surface area contributed by atoms with Gasteiger partial charge in [-0.3, -0.25) is 14.5 Å². The van der Waals surface area contributed by atoms with E-state index in [1.165, 1.54) is 11.8 Å². The third kappa shape index (κ3) is 2.78. The third-order valence-electron chi connectivity index (χ3n) is 5.35. The van der Waals surface area contributed by atoms with E-state index in [4.69, 9.17) is 4.74 Å². The quantitative estimate of drug-likeness (QED) is 0.820. The van der Waals surface area contributed by atoms with Crippen LogP contribution in [-0.4, -0.2) is 34.8 Å². The smallest absolute Gasteiger partial charge is 0.344 e. The van der Waals surface area contributed by atoms with Crippen molar-refractivity contribution in [1.82, 2.24) is 5.32 Å². The number of hydrogen-bond donors (Lipinski definition) is 1. The predicted molar refractivity (Wildman–Crippen MR) is 97.7 cm³/mol. The molecule has 2 fully saturated rings. The lowest BCUT2D eigenvalue weighted by molar-refractivity contribution is -0.157. The van der Waals surface area contributed by atoms with Gasteiger partial charge in [0.2, 0.25) is 5.91 Å². The molecule has 1 aromatic rings. The van der Waals surface area contributed by atoms with Gasteiger partial charge in [-0.1, -0.05) is 36.7 Å².